The van der Waals surface area contributed by atoms with Crippen molar-refractivity contribution in [2.45, 2.75) is 13.0 Å². The molecule has 1 atom stereocenters. The summed E-state index contributed by atoms with van der Waals surface area (Å²) in [5.74, 6) is 0. The lowest BCUT2D eigenvalue weighted by Gasteiger charge is -2.09. The maximum atomic E-state index is 5.30. The van der Waals surface area contributed by atoms with Gasteiger partial charge in [-0.15, -0.1) is 0 Å². The van der Waals surface area contributed by atoms with Gasteiger partial charge >= 0.3 is 0 Å². The Bertz CT molecular complexity index is 145. The van der Waals surface area contributed by atoms with Gasteiger partial charge in [-0.2, -0.15) is 0 Å². The zero-order valence-corrected chi connectivity index (χ0v) is 7.57. The molecule has 1 saturated heterocycles. The first-order valence-electron chi connectivity index (χ1n) is 4.38. The minimum absolute atomic E-state index is 0.583. The van der Waals surface area contributed by atoms with Crippen LogP contribution in [0.1, 0.15) is 6.92 Å². The molecule has 0 aliphatic carbocycles. The maximum Gasteiger partial charge on any atom is 0.0851 e. The van der Waals surface area contributed by atoms with Gasteiger partial charge < -0.3 is 15.4 Å². The van der Waals surface area contributed by atoms with Gasteiger partial charge in [0.25, 0.3) is 0 Å². The molecule has 2 aliphatic heterocycles. The van der Waals surface area contributed by atoms with Gasteiger partial charge in [-0.25, -0.2) is 0 Å². The fraction of sp³-hybridized carbons (Fsp3) is 0.875. The predicted molar refractivity (Wildman–Crippen MR) is 49.4 cm³/mol. The summed E-state index contributed by atoms with van der Waals surface area (Å²) in [4.78, 5) is 6.15. The second-order valence-electron chi connectivity index (χ2n) is 2.99. The SMILES string of the molecule is CC1CO1.NCCN1C=NCC1. The molecular weight excluding hydrogens is 154 g/mol. The van der Waals surface area contributed by atoms with E-state index in [1.807, 2.05) is 6.34 Å². The summed E-state index contributed by atoms with van der Waals surface area (Å²) < 4.78 is 4.71. The first kappa shape index (κ1) is 9.48. The first-order valence-corrected chi connectivity index (χ1v) is 4.38. The summed E-state index contributed by atoms with van der Waals surface area (Å²) in [7, 11) is 0. The van der Waals surface area contributed by atoms with E-state index in [-0.39, 0.29) is 0 Å². The van der Waals surface area contributed by atoms with E-state index in [9.17, 15) is 0 Å². The van der Waals surface area contributed by atoms with E-state index < -0.39 is 0 Å². The number of nitrogens with zero attached hydrogens (tertiary/aromatic N) is 2. The van der Waals surface area contributed by atoms with Crippen LogP contribution in [0.5, 0.6) is 0 Å². The number of nitrogens with two attached hydrogens (primary N) is 1. The molecule has 0 aromatic rings. The minimum Gasteiger partial charge on any atom is -0.373 e. The summed E-state index contributed by atoms with van der Waals surface area (Å²) in [6.07, 6.45) is 2.45. The van der Waals surface area contributed by atoms with E-state index in [1.54, 1.807) is 0 Å². The van der Waals surface area contributed by atoms with Gasteiger partial charge in [0.15, 0.2) is 0 Å². The van der Waals surface area contributed by atoms with Gasteiger partial charge in [-0.05, 0) is 6.92 Å². The molecule has 0 spiro atoms. The van der Waals surface area contributed by atoms with Crippen molar-refractivity contribution >= 4 is 6.34 Å². The molecule has 0 radical (unpaired) electrons. The Kier molecular flexibility index (Phi) is 4.04. The van der Waals surface area contributed by atoms with Crippen molar-refractivity contribution in [1.82, 2.24) is 4.90 Å². The van der Waals surface area contributed by atoms with Crippen molar-refractivity contribution in [3.05, 3.63) is 0 Å². The summed E-state index contributed by atoms with van der Waals surface area (Å²) in [6.45, 7) is 6.72. The van der Waals surface area contributed by atoms with Gasteiger partial charge in [0.1, 0.15) is 0 Å². The van der Waals surface area contributed by atoms with Gasteiger partial charge in [0.2, 0.25) is 0 Å². The molecular formula is C8H17N3O. The van der Waals surface area contributed by atoms with Crippen LogP contribution >= 0.6 is 0 Å². The van der Waals surface area contributed by atoms with Crippen LogP contribution in [0.15, 0.2) is 4.99 Å². The third-order valence-electron chi connectivity index (χ3n) is 1.68. The van der Waals surface area contributed by atoms with Crippen LogP contribution in [0, 0.1) is 0 Å². The Balaban J connectivity index is 0.000000150. The van der Waals surface area contributed by atoms with E-state index in [0.717, 1.165) is 32.8 Å². The fourth-order valence-corrected chi connectivity index (χ4v) is 0.849. The molecule has 0 bridgehead atoms. The third kappa shape index (κ3) is 4.31. The highest BCUT2D eigenvalue weighted by Crippen LogP contribution is 2.04. The molecule has 12 heavy (non-hydrogen) atoms. The zero-order chi connectivity index (χ0) is 8.81. The van der Waals surface area contributed by atoms with E-state index in [1.165, 1.54) is 0 Å². The van der Waals surface area contributed by atoms with Gasteiger partial charge in [-0.1, -0.05) is 0 Å². The van der Waals surface area contributed by atoms with E-state index in [0.29, 0.717) is 6.10 Å². The van der Waals surface area contributed by atoms with Crippen molar-refractivity contribution in [2.75, 3.05) is 32.8 Å². The van der Waals surface area contributed by atoms with Gasteiger partial charge in [0.05, 0.1) is 25.6 Å². The monoisotopic (exact) mass is 171 g/mol. The van der Waals surface area contributed by atoms with Crippen LogP contribution in [-0.4, -0.2) is 50.1 Å². The smallest absolute Gasteiger partial charge is 0.0851 e. The topological polar surface area (TPSA) is 54.1 Å². The number of ether oxygens (including phenoxy) is 1. The zero-order valence-electron chi connectivity index (χ0n) is 7.57. The van der Waals surface area contributed by atoms with E-state index in [2.05, 4.69) is 16.8 Å². The highest BCUT2D eigenvalue weighted by atomic mass is 16.6. The largest absolute Gasteiger partial charge is 0.373 e. The van der Waals surface area contributed by atoms with Crippen LogP contribution < -0.4 is 5.73 Å². The Morgan fingerprint density at radius 2 is 2.42 bits per heavy atom. The highest BCUT2D eigenvalue weighted by molar-refractivity contribution is 5.56. The summed E-state index contributed by atoms with van der Waals surface area (Å²) in [5.41, 5.74) is 5.30. The second-order valence-corrected chi connectivity index (χ2v) is 2.99. The molecule has 2 heterocycles. The van der Waals surface area contributed by atoms with Crippen molar-refractivity contribution in [3.8, 4) is 0 Å². The standard InChI is InChI=1S/C5H11N3.C3H6O/c6-1-3-8-4-2-7-5-8;1-3-2-4-3/h5H,1-4,6H2;3H,2H2,1H3. The first-order chi connectivity index (χ1) is 5.83. The van der Waals surface area contributed by atoms with Gasteiger partial charge in [-0.3, -0.25) is 4.99 Å². The Hall–Kier alpha value is -0.610. The van der Waals surface area contributed by atoms with Crippen LogP contribution in [0.4, 0.5) is 0 Å². The highest BCUT2D eigenvalue weighted by Gasteiger charge is 2.13. The lowest BCUT2D eigenvalue weighted by atomic mass is 10.5. The molecule has 1 fully saturated rings. The van der Waals surface area contributed by atoms with Crippen molar-refractivity contribution in [1.29, 1.82) is 0 Å². The molecule has 2 rings (SSSR count). The predicted octanol–water partition coefficient (Wildman–Crippen LogP) is -0.306. The Morgan fingerprint density at radius 1 is 1.75 bits per heavy atom. The summed E-state index contributed by atoms with van der Waals surface area (Å²) in [6, 6.07) is 0. The lowest BCUT2D eigenvalue weighted by molar-refractivity contribution is 0.423. The van der Waals surface area contributed by atoms with Crippen molar-refractivity contribution in [3.63, 3.8) is 0 Å². The van der Waals surface area contributed by atoms with Crippen molar-refractivity contribution < 1.29 is 4.74 Å². The van der Waals surface area contributed by atoms with Crippen LogP contribution in [0.25, 0.3) is 0 Å². The summed E-state index contributed by atoms with van der Waals surface area (Å²) >= 11 is 0. The molecule has 2 N–H and O–H groups in total. The second kappa shape index (κ2) is 5.11. The molecule has 2 aliphatic rings. The molecule has 0 aromatic carbocycles. The van der Waals surface area contributed by atoms with Crippen molar-refractivity contribution in [2.24, 2.45) is 10.7 Å². The minimum atomic E-state index is 0.583. The van der Waals surface area contributed by atoms with Crippen LogP contribution in [0.3, 0.4) is 0 Å². The average Bonchev–Trinajstić information content (AvgIpc) is 2.70. The van der Waals surface area contributed by atoms with E-state index >= 15 is 0 Å². The quantitative estimate of drug-likeness (QED) is 0.580. The Labute approximate surface area is 73.4 Å². The normalized spacial score (nSPS) is 25.2. The molecule has 70 valence electrons. The maximum absolute atomic E-state index is 5.30. The number of aliphatic imine (C=N–C) groups is 1. The molecule has 0 amide bonds. The summed E-state index contributed by atoms with van der Waals surface area (Å²) in [5, 5.41) is 0. The molecule has 4 nitrogen and oxygen atoms in total. The molecule has 1 unspecified atom stereocenters. The average molecular weight is 171 g/mol. The molecule has 0 aromatic heterocycles. The number of hydrogen-bond acceptors (Lipinski definition) is 4. The molecule has 0 saturated carbocycles. The Morgan fingerprint density at radius 3 is 2.75 bits per heavy atom. The number of epoxide rings is 1. The van der Waals surface area contributed by atoms with Crippen LogP contribution in [0.2, 0.25) is 0 Å². The fourth-order valence-electron chi connectivity index (χ4n) is 0.849. The van der Waals surface area contributed by atoms with E-state index in [4.69, 9.17) is 10.5 Å². The number of rotatable bonds is 2. The third-order valence-corrected chi connectivity index (χ3v) is 1.68. The number of hydrogen-bond donors (Lipinski definition) is 1. The lowest BCUT2D eigenvalue weighted by Crippen LogP contribution is -2.26. The van der Waals surface area contributed by atoms with Crippen LogP contribution in [-0.2, 0) is 4.74 Å². The van der Waals surface area contributed by atoms with Gasteiger partial charge in [0, 0.05) is 19.6 Å². The molecule has 4 heteroatoms.